The van der Waals surface area contributed by atoms with Gasteiger partial charge in [0.25, 0.3) is 0 Å². The maximum absolute atomic E-state index is 8.53. The molecule has 2 heteroatoms. The molecule has 1 saturated carbocycles. The van der Waals surface area contributed by atoms with Gasteiger partial charge < -0.3 is 5.32 Å². The quantitative estimate of drug-likeness (QED) is 0.581. The summed E-state index contributed by atoms with van der Waals surface area (Å²) in [6.07, 6.45) is 3.36. The lowest BCUT2D eigenvalue weighted by Crippen LogP contribution is -2.54. The molecule has 0 unspecified atom stereocenters. The molecule has 3 rings (SSSR count). The zero-order chi connectivity index (χ0) is 7.03. The number of piperidine rings is 2. The van der Waals surface area contributed by atoms with Crippen LogP contribution >= 0.6 is 0 Å². The van der Waals surface area contributed by atoms with E-state index in [0.717, 1.165) is 18.9 Å². The number of hydrogen-bond acceptors (Lipinski definition) is 2. The van der Waals surface area contributed by atoms with Crippen molar-refractivity contribution in [1.82, 2.24) is 5.32 Å². The Kier molecular flexibility index (Phi) is 1.21. The highest BCUT2D eigenvalue weighted by Gasteiger charge is 2.46. The second-order valence-electron chi connectivity index (χ2n) is 3.74. The average molecular weight is 136 g/mol. The molecule has 2 saturated heterocycles. The van der Waals surface area contributed by atoms with Crippen molar-refractivity contribution in [3.63, 3.8) is 0 Å². The SMILES string of the molecule is N#CCC12CNCC(C1)C2. The van der Waals surface area contributed by atoms with E-state index in [9.17, 15) is 0 Å². The number of nitrogens with zero attached hydrogens (tertiary/aromatic N) is 1. The van der Waals surface area contributed by atoms with Crippen LogP contribution in [0.2, 0.25) is 0 Å². The molecule has 3 fully saturated rings. The van der Waals surface area contributed by atoms with Crippen molar-refractivity contribution in [2.75, 3.05) is 13.1 Å². The van der Waals surface area contributed by atoms with E-state index < -0.39 is 0 Å². The topological polar surface area (TPSA) is 35.8 Å². The number of fused-ring (bicyclic) bond motifs is 2. The van der Waals surface area contributed by atoms with Gasteiger partial charge in [-0.05, 0) is 30.7 Å². The highest BCUT2D eigenvalue weighted by Crippen LogP contribution is 2.49. The third kappa shape index (κ3) is 0.741. The van der Waals surface area contributed by atoms with Crippen LogP contribution in [0.4, 0.5) is 0 Å². The van der Waals surface area contributed by atoms with Crippen LogP contribution in [-0.4, -0.2) is 13.1 Å². The van der Waals surface area contributed by atoms with Gasteiger partial charge in [-0.2, -0.15) is 5.26 Å². The Bertz CT molecular complexity index is 169. The highest BCUT2D eigenvalue weighted by molar-refractivity contribution is 5.03. The maximum atomic E-state index is 8.53. The zero-order valence-corrected chi connectivity index (χ0v) is 6.06. The first-order chi connectivity index (χ1) is 4.85. The van der Waals surface area contributed by atoms with Gasteiger partial charge in [0.05, 0.1) is 6.07 Å². The van der Waals surface area contributed by atoms with Crippen molar-refractivity contribution >= 4 is 0 Å². The fourth-order valence-electron chi connectivity index (χ4n) is 2.37. The fraction of sp³-hybridized carbons (Fsp3) is 0.875. The third-order valence-corrected chi connectivity index (χ3v) is 2.83. The molecular weight excluding hydrogens is 124 g/mol. The van der Waals surface area contributed by atoms with Crippen LogP contribution in [0.25, 0.3) is 0 Å². The Morgan fingerprint density at radius 3 is 2.90 bits per heavy atom. The van der Waals surface area contributed by atoms with Gasteiger partial charge in [-0.15, -0.1) is 0 Å². The van der Waals surface area contributed by atoms with E-state index in [4.69, 9.17) is 5.26 Å². The fourth-order valence-corrected chi connectivity index (χ4v) is 2.37. The van der Waals surface area contributed by atoms with Gasteiger partial charge in [0.2, 0.25) is 0 Å². The first kappa shape index (κ1) is 6.18. The molecule has 3 aliphatic rings. The number of rotatable bonds is 1. The Hall–Kier alpha value is -0.550. The lowest BCUT2D eigenvalue weighted by Gasteiger charge is -2.51. The maximum Gasteiger partial charge on any atom is 0.0628 e. The normalized spacial score (nSPS) is 43.7. The smallest absolute Gasteiger partial charge is 0.0628 e. The van der Waals surface area contributed by atoms with Gasteiger partial charge in [-0.1, -0.05) is 0 Å². The molecule has 1 N–H and O–H groups in total. The minimum Gasteiger partial charge on any atom is -0.316 e. The first-order valence-electron chi connectivity index (χ1n) is 3.92. The molecule has 0 aromatic carbocycles. The summed E-state index contributed by atoms with van der Waals surface area (Å²) in [6, 6.07) is 2.28. The summed E-state index contributed by atoms with van der Waals surface area (Å²) in [5.74, 6) is 0.891. The summed E-state index contributed by atoms with van der Waals surface area (Å²) in [5.41, 5.74) is 0.400. The van der Waals surface area contributed by atoms with E-state index in [0.29, 0.717) is 5.41 Å². The Labute approximate surface area is 61.2 Å². The van der Waals surface area contributed by atoms with Gasteiger partial charge in [0, 0.05) is 13.0 Å². The Morgan fingerprint density at radius 2 is 2.40 bits per heavy atom. The molecule has 0 radical (unpaired) electrons. The van der Waals surface area contributed by atoms with Crippen LogP contribution in [-0.2, 0) is 0 Å². The molecule has 0 aromatic heterocycles. The first-order valence-corrected chi connectivity index (χ1v) is 3.92. The summed E-state index contributed by atoms with van der Waals surface area (Å²) in [6.45, 7) is 2.27. The summed E-state index contributed by atoms with van der Waals surface area (Å²) >= 11 is 0. The third-order valence-electron chi connectivity index (χ3n) is 2.83. The predicted octanol–water partition coefficient (Wildman–Crippen LogP) is 0.900. The van der Waals surface area contributed by atoms with E-state index in [-0.39, 0.29) is 0 Å². The number of hydrogen-bond donors (Lipinski definition) is 1. The van der Waals surface area contributed by atoms with Crippen LogP contribution in [0.15, 0.2) is 0 Å². The van der Waals surface area contributed by atoms with Crippen molar-refractivity contribution in [2.45, 2.75) is 19.3 Å². The molecule has 2 heterocycles. The average Bonchev–Trinajstić information content (AvgIpc) is 1.87. The van der Waals surface area contributed by atoms with Crippen LogP contribution in [0.3, 0.4) is 0 Å². The van der Waals surface area contributed by atoms with Crippen LogP contribution in [0, 0.1) is 22.7 Å². The molecule has 54 valence electrons. The lowest BCUT2D eigenvalue weighted by atomic mass is 9.58. The van der Waals surface area contributed by atoms with Crippen molar-refractivity contribution in [3.8, 4) is 6.07 Å². The van der Waals surface area contributed by atoms with Gasteiger partial charge >= 0.3 is 0 Å². The predicted molar refractivity (Wildman–Crippen MR) is 38.3 cm³/mol. The highest BCUT2D eigenvalue weighted by atomic mass is 14.9. The van der Waals surface area contributed by atoms with Crippen LogP contribution in [0.1, 0.15) is 19.3 Å². The molecule has 0 amide bonds. The largest absolute Gasteiger partial charge is 0.316 e. The van der Waals surface area contributed by atoms with Crippen molar-refractivity contribution in [3.05, 3.63) is 0 Å². The minimum absolute atomic E-state index is 0.400. The molecule has 0 spiro atoms. The zero-order valence-electron chi connectivity index (χ0n) is 6.06. The summed E-state index contributed by atoms with van der Waals surface area (Å²) in [5, 5.41) is 11.9. The van der Waals surface area contributed by atoms with Gasteiger partial charge in [-0.3, -0.25) is 0 Å². The van der Waals surface area contributed by atoms with Gasteiger partial charge in [-0.25, -0.2) is 0 Å². The minimum atomic E-state index is 0.400. The molecule has 2 aliphatic heterocycles. The second-order valence-corrected chi connectivity index (χ2v) is 3.74. The molecule has 2 nitrogen and oxygen atoms in total. The standard InChI is InChI=1S/C8H12N2/c9-2-1-8-3-7(4-8)5-10-6-8/h7,10H,1,3-6H2. The van der Waals surface area contributed by atoms with Crippen LogP contribution < -0.4 is 5.32 Å². The van der Waals surface area contributed by atoms with Crippen molar-refractivity contribution in [1.29, 1.82) is 5.26 Å². The van der Waals surface area contributed by atoms with Crippen molar-refractivity contribution < 1.29 is 0 Å². The molecular formula is C8H12N2. The van der Waals surface area contributed by atoms with Crippen molar-refractivity contribution in [2.24, 2.45) is 11.3 Å². The summed E-state index contributed by atoms with van der Waals surface area (Å²) in [7, 11) is 0. The number of nitrogens with one attached hydrogen (secondary N) is 1. The van der Waals surface area contributed by atoms with E-state index in [1.165, 1.54) is 19.4 Å². The van der Waals surface area contributed by atoms with E-state index >= 15 is 0 Å². The lowest BCUT2D eigenvalue weighted by molar-refractivity contribution is 0.0187. The monoisotopic (exact) mass is 136 g/mol. The second kappa shape index (κ2) is 1.96. The van der Waals surface area contributed by atoms with Gasteiger partial charge in [0.15, 0.2) is 0 Å². The van der Waals surface area contributed by atoms with E-state index in [1.807, 2.05) is 0 Å². The van der Waals surface area contributed by atoms with Gasteiger partial charge in [0.1, 0.15) is 0 Å². The Morgan fingerprint density at radius 1 is 1.60 bits per heavy atom. The van der Waals surface area contributed by atoms with E-state index in [2.05, 4.69) is 11.4 Å². The molecule has 0 aromatic rings. The molecule has 2 bridgehead atoms. The molecule has 1 aliphatic carbocycles. The summed E-state index contributed by atoms with van der Waals surface area (Å²) in [4.78, 5) is 0. The summed E-state index contributed by atoms with van der Waals surface area (Å²) < 4.78 is 0. The van der Waals surface area contributed by atoms with E-state index in [1.54, 1.807) is 0 Å². The number of nitriles is 1. The van der Waals surface area contributed by atoms with Crippen LogP contribution in [0.5, 0.6) is 0 Å². The molecule has 10 heavy (non-hydrogen) atoms. The molecule has 0 atom stereocenters. The Balaban J connectivity index is 2.00.